The third kappa shape index (κ3) is 3.35. The minimum absolute atomic E-state index is 0.303. The molecule has 1 saturated heterocycles. The van der Waals surface area contributed by atoms with E-state index in [0.29, 0.717) is 31.6 Å². The lowest BCUT2D eigenvalue weighted by Crippen LogP contribution is -2.39. The Bertz CT molecular complexity index is 628. The maximum atomic E-state index is 12.6. The molecule has 0 N–H and O–H groups in total. The van der Waals surface area contributed by atoms with Gasteiger partial charge in [0.15, 0.2) is 15.6 Å². The summed E-state index contributed by atoms with van der Waals surface area (Å²) < 4.78 is 30.4. The molecule has 0 bridgehead atoms. The summed E-state index contributed by atoms with van der Waals surface area (Å²) in [5, 5.41) is -1.46. The molecule has 0 saturated carbocycles. The van der Waals surface area contributed by atoms with Crippen LogP contribution in [0.25, 0.3) is 0 Å². The zero-order chi connectivity index (χ0) is 15.6. The van der Waals surface area contributed by atoms with Crippen LogP contribution >= 0.6 is 0 Å². The quantitative estimate of drug-likeness (QED) is 0.802. The first-order chi connectivity index (χ1) is 9.84. The summed E-state index contributed by atoms with van der Waals surface area (Å²) in [6, 6.07) is 5.55. The van der Waals surface area contributed by atoms with Crippen molar-refractivity contribution in [1.29, 1.82) is 0 Å². The highest BCUT2D eigenvalue weighted by atomic mass is 32.2. The van der Waals surface area contributed by atoms with Gasteiger partial charge in [-0.2, -0.15) is 0 Å². The Morgan fingerprint density at radius 2 is 1.86 bits per heavy atom. The largest absolute Gasteiger partial charge is 0.381 e. The summed E-state index contributed by atoms with van der Waals surface area (Å²) in [7, 11) is -3.47. The molecule has 1 aliphatic heterocycles. The fraction of sp³-hybridized carbons (Fsp3) is 0.562. The number of ether oxygens (including phenoxy) is 1. The van der Waals surface area contributed by atoms with E-state index in [1.54, 1.807) is 6.07 Å². The molecule has 0 aromatic heterocycles. The van der Waals surface area contributed by atoms with Crippen molar-refractivity contribution in [2.45, 2.75) is 44.1 Å². The fourth-order valence-corrected chi connectivity index (χ4v) is 4.51. The summed E-state index contributed by atoms with van der Waals surface area (Å²) >= 11 is 0. The van der Waals surface area contributed by atoms with Gasteiger partial charge in [0.1, 0.15) is 5.25 Å². The summed E-state index contributed by atoms with van der Waals surface area (Å²) in [4.78, 5) is 12.6. The van der Waals surface area contributed by atoms with Crippen LogP contribution in [0.15, 0.2) is 18.2 Å². The highest BCUT2D eigenvalue weighted by Gasteiger charge is 2.37. The molecule has 1 aliphatic rings. The summed E-state index contributed by atoms with van der Waals surface area (Å²) in [6.45, 7) is 6.14. The van der Waals surface area contributed by atoms with Crippen molar-refractivity contribution in [2.75, 3.05) is 13.2 Å². The lowest BCUT2D eigenvalue weighted by Gasteiger charge is -2.25. The number of hydrogen-bond donors (Lipinski definition) is 0. The van der Waals surface area contributed by atoms with Gasteiger partial charge in [0.25, 0.3) is 0 Å². The van der Waals surface area contributed by atoms with E-state index in [4.69, 9.17) is 4.74 Å². The Kier molecular flexibility index (Phi) is 4.84. The van der Waals surface area contributed by atoms with Crippen LogP contribution in [0.4, 0.5) is 0 Å². The monoisotopic (exact) mass is 310 g/mol. The van der Waals surface area contributed by atoms with Gasteiger partial charge in [-0.1, -0.05) is 17.7 Å². The molecular formula is C16H22O4S. The van der Waals surface area contributed by atoms with E-state index in [2.05, 4.69) is 0 Å². The normalized spacial score (nSPS) is 18.4. The topological polar surface area (TPSA) is 60.4 Å². The molecule has 4 nitrogen and oxygen atoms in total. The Labute approximate surface area is 126 Å². The predicted octanol–water partition coefficient (Wildman–Crippen LogP) is 2.47. The Balaban J connectivity index is 2.27. The van der Waals surface area contributed by atoms with E-state index < -0.39 is 20.3 Å². The van der Waals surface area contributed by atoms with Crippen LogP contribution in [-0.2, 0) is 14.6 Å². The third-order valence-corrected chi connectivity index (χ3v) is 6.75. The number of sulfone groups is 1. The van der Waals surface area contributed by atoms with Crippen LogP contribution in [0, 0.1) is 13.8 Å². The van der Waals surface area contributed by atoms with E-state index in [0.717, 1.165) is 11.1 Å². The van der Waals surface area contributed by atoms with Gasteiger partial charge in [-0.25, -0.2) is 8.42 Å². The van der Waals surface area contributed by atoms with Crippen LogP contribution in [0.3, 0.4) is 0 Å². The number of rotatable bonds is 4. The second kappa shape index (κ2) is 6.28. The molecule has 21 heavy (non-hydrogen) atoms. The van der Waals surface area contributed by atoms with Gasteiger partial charge in [-0.05, 0) is 45.2 Å². The minimum Gasteiger partial charge on any atom is -0.381 e. The lowest BCUT2D eigenvalue weighted by atomic mass is 10.0. The summed E-state index contributed by atoms with van der Waals surface area (Å²) in [6.07, 6.45) is 0.958. The van der Waals surface area contributed by atoms with Crippen molar-refractivity contribution < 1.29 is 17.9 Å². The molecule has 2 rings (SSSR count). The van der Waals surface area contributed by atoms with Crippen LogP contribution in [0.2, 0.25) is 0 Å². The second-order valence-corrected chi connectivity index (χ2v) is 8.28. The summed E-state index contributed by atoms with van der Waals surface area (Å²) in [5.41, 5.74) is 2.29. The first-order valence-electron chi connectivity index (χ1n) is 7.26. The molecule has 116 valence electrons. The van der Waals surface area contributed by atoms with Crippen LogP contribution < -0.4 is 0 Å². The number of carbonyl (C=O) groups excluding carboxylic acids is 1. The zero-order valence-electron chi connectivity index (χ0n) is 12.8. The van der Waals surface area contributed by atoms with Gasteiger partial charge in [0.05, 0.1) is 5.25 Å². The number of Topliss-reactive ketones (excluding diaryl/α,β-unsaturated/α-hetero) is 1. The van der Waals surface area contributed by atoms with Gasteiger partial charge in [-0.15, -0.1) is 0 Å². The lowest BCUT2D eigenvalue weighted by molar-refractivity contribution is 0.0957. The average molecular weight is 310 g/mol. The zero-order valence-corrected chi connectivity index (χ0v) is 13.6. The first-order valence-corrected chi connectivity index (χ1v) is 8.87. The van der Waals surface area contributed by atoms with Gasteiger partial charge in [0.2, 0.25) is 0 Å². The maximum absolute atomic E-state index is 12.6. The highest BCUT2D eigenvalue weighted by Crippen LogP contribution is 2.23. The standard InChI is InChI=1S/C16H22O4S/c1-11-4-5-12(2)15(10-11)16(17)13(3)21(18,19)14-6-8-20-9-7-14/h4-5,10,13-14H,6-9H2,1-3H3. The van der Waals surface area contributed by atoms with E-state index in [9.17, 15) is 13.2 Å². The Hall–Kier alpha value is -1.20. The van der Waals surface area contributed by atoms with Crippen molar-refractivity contribution in [3.8, 4) is 0 Å². The van der Waals surface area contributed by atoms with E-state index in [1.165, 1.54) is 6.92 Å². The molecule has 1 unspecified atom stereocenters. The molecule has 1 aromatic carbocycles. The first kappa shape index (κ1) is 16.2. The minimum atomic E-state index is -3.47. The van der Waals surface area contributed by atoms with Crippen LogP contribution in [0.5, 0.6) is 0 Å². The second-order valence-electron chi connectivity index (χ2n) is 5.73. The van der Waals surface area contributed by atoms with E-state index in [-0.39, 0.29) is 5.78 Å². The van der Waals surface area contributed by atoms with Crippen molar-refractivity contribution in [3.63, 3.8) is 0 Å². The maximum Gasteiger partial charge on any atom is 0.180 e. The van der Waals surface area contributed by atoms with Gasteiger partial charge < -0.3 is 4.74 Å². The van der Waals surface area contributed by atoms with Crippen LogP contribution in [-0.4, -0.2) is 37.9 Å². The Morgan fingerprint density at radius 1 is 1.24 bits per heavy atom. The molecule has 1 aromatic rings. The van der Waals surface area contributed by atoms with Crippen molar-refractivity contribution in [2.24, 2.45) is 0 Å². The molecule has 0 aliphatic carbocycles. The molecule has 1 fully saturated rings. The molecule has 0 radical (unpaired) electrons. The average Bonchev–Trinajstić information content (AvgIpc) is 2.49. The van der Waals surface area contributed by atoms with E-state index >= 15 is 0 Å². The predicted molar refractivity (Wildman–Crippen MR) is 82.5 cm³/mol. The van der Waals surface area contributed by atoms with Gasteiger partial charge in [-0.3, -0.25) is 4.79 Å². The Morgan fingerprint density at radius 3 is 2.48 bits per heavy atom. The number of benzene rings is 1. The highest BCUT2D eigenvalue weighted by molar-refractivity contribution is 7.93. The number of ketones is 1. The van der Waals surface area contributed by atoms with Gasteiger partial charge >= 0.3 is 0 Å². The van der Waals surface area contributed by atoms with Gasteiger partial charge in [0, 0.05) is 18.8 Å². The fourth-order valence-electron chi connectivity index (χ4n) is 2.66. The van der Waals surface area contributed by atoms with Crippen molar-refractivity contribution in [1.82, 2.24) is 0 Å². The third-order valence-electron chi connectivity index (χ3n) is 4.15. The molecule has 1 atom stereocenters. The molecular weight excluding hydrogens is 288 g/mol. The molecule has 5 heteroatoms. The molecule has 1 heterocycles. The van der Waals surface area contributed by atoms with Crippen LogP contribution in [0.1, 0.15) is 41.3 Å². The number of carbonyl (C=O) groups is 1. The van der Waals surface area contributed by atoms with Crippen molar-refractivity contribution >= 4 is 15.6 Å². The molecule has 0 amide bonds. The summed E-state index contributed by atoms with van der Waals surface area (Å²) in [5.74, 6) is -0.303. The van der Waals surface area contributed by atoms with E-state index in [1.807, 2.05) is 26.0 Å². The number of aryl methyl sites for hydroxylation is 2. The van der Waals surface area contributed by atoms with Crippen molar-refractivity contribution in [3.05, 3.63) is 34.9 Å². The SMILES string of the molecule is Cc1ccc(C)c(C(=O)C(C)S(=O)(=O)C2CCOCC2)c1. The number of hydrogen-bond acceptors (Lipinski definition) is 4. The molecule has 0 spiro atoms. The smallest absolute Gasteiger partial charge is 0.180 e.